The van der Waals surface area contributed by atoms with Crippen molar-refractivity contribution >= 4 is 17.6 Å². The zero-order valence-electron chi connectivity index (χ0n) is 13.0. The number of carboxylic acid groups (broad SMARTS) is 1. The van der Waals surface area contributed by atoms with Crippen LogP contribution in [0.5, 0.6) is 0 Å². The average molecular weight is 330 g/mol. The van der Waals surface area contributed by atoms with Crippen LogP contribution in [0, 0.1) is 5.82 Å². The molecule has 0 aromatic heterocycles. The lowest BCUT2D eigenvalue weighted by Crippen LogP contribution is -2.40. The third-order valence-corrected chi connectivity index (χ3v) is 3.44. The third-order valence-electron chi connectivity index (χ3n) is 3.44. The number of carboxylic acids is 1. The highest BCUT2D eigenvalue weighted by Gasteiger charge is 2.20. The van der Waals surface area contributed by atoms with Crippen LogP contribution in [-0.2, 0) is 16.0 Å². The molecule has 1 amide bonds. The molecule has 0 fully saturated rings. The van der Waals surface area contributed by atoms with Crippen LogP contribution >= 0.6 is 0 Å². The highest BCUT2D eigenvalue weighted by molar-refractivity contribution is 5.94. The maximum absolute atomic E-state index is 13.1. The first-order valence-electron chi connectivity index (χ1n) is 7.60. The Morgan fingerprint density at radius 2 is 1.83 bits per heavy atom. The lowest BCUT2D eigenvalue weighted by Gasteiger charge is -2.14. The molecule has 2 aromatic carbocycles. The van der Waals surface area contributed by atoms with Crippen LogP contribution in [-0.4, -0.2) is 29.6 Å². The molecule has 0 saturated carbocycles. The molecule has 2 aromatic rings. The molecule has 24 heavy (non-hydrogen) atoms. The zero-order chi connectivity index (χ0) is 17.4. The van der Waals surface area contributed by atoms with E-state index in [2.05, 4.69) is 10.6 Å². The van der Waals surface area contributed by atoms with E-state index in [4.69, 9.17) is 0 Å². The molecular weight excluding hydrogens is 311 g/mol. The van der Waals surface area contributed by atoms with Crippen molar-refractivity contribution in [2.45, 2.75) is 18.9 Å². The highest BCUT2D eigenvalue weighted by atomic mass is 19.1. The minimum Gasteiger partial charge on any atom is -0.480 e. The summed E-state index contributed by atoms with van der Waals surface area (Å²) in [6.45, 7) is 0.439. The molecule has 126 valence electrons. The number of aliphatic carboxylic acids is 1. The topological polar surface area (TPSA) is 78.4 Å². The van der Waals surface area contributed by atoms with E-state index in [1.54, 1.807) is 6.07 Å². The van der Waals surface area contributed by atoms with E-state index in [1.807, 2.05) is 30.3 Å². The van der Waals surface area contributed by atoms with E-state index >= 15 is 0 Å². The van der Waals surface area contributed by atoms with Gasteiger partial charge in [0, 0.05) is 5.69 Å². The summed E-state index contributed by atoms with van der Waals surface area (Å²) in [5, 5.41) is 14.6. The van der Waals surface area contributed by atoms with Gasteiger partial charge in [-0.05, 0) is 36.7 Å². The molecule has 0 spiro atoms. The van der Waals surface area contributed by atoms with Crippen molar-refractivity contribution < 1.29 is 19.1 Å². The van der Waals surface area contributed by atoms with E-state index in [-0.39, 0.29) is 6.42 Å². The zero-order valence-corrected chi connectivity index (χ0v) is 13.0. The fraction of sp³-hybridized carbons (Fsp3) is 0.222. The van der Waals surface area contributed by atoms with Crippen molar-refractivity contribution in [3.05, 3.63) is 66.0 Å². The normalized spacial score (nSPS) is 11.7. The Labute approximate surface area is 139 Å². The van der Waals surface area contributed by atoms with Gasteiger partial charge in [-0.1, -0.05) is 36.4 Å². The summed E-state index contributed by atoms with van der Waals surface area (Å²) in [5.74, 6) is -2.05. The molecule has 1 unspecified atom stereocenters. The number of carbonyl (C=O) groups is 2. The third kappa shape index (κ3) is 5.81. The van der Waals surface area contributed by atoms with Crippen molar-refractivity contribution in [1.29, 1.82) is 0 Å². The van der Waals surface area contributed by atoms with Gasteiger partial charge in [0.05, 0.1) is 6.42 Å². The van der Waals surface area contributed by atoms with E-state index in [1.165, 1.54) is 18.2 Å². The number of rotatable bonds is 8. The summed E-state index contributed by atoms with van der Waals surface area (Å²) in [6, 6.07) is 14.1. The number of hydrogen-bond donors (Lipinski definition) is 3. The van der Waals surface area contributed by atoms with Crippen LogP contribution in [0.3, 0.4) is 0 Å². The predicted octanol–water partition coefficient (Wildman–Crippen LogP) is 2.44. The quantitative estimate of drug-likeness (QED) is 0.695. The summed E-state index contributed by atoms with van der Waals surface area (Å²) in [5.41, 5.74) is 1.38. The Kier molecular flexibility index (Phi) is 6.45. The van der Waals surface area contributed by atoms with Crippen molar-refractivity contribution in [3.8, 4) is 0 Å². The predicted molar refractivity (Wildman–Crippen MR) is 89.2 cm³/mol. The van der Waals surface area contributed by atoms with Crippen LogP contribution < -0.4 is 10.6 Å². The first-order valence-corrected chi connectivity index (χ1v) is 7.60. The Morgan fingerprint density at radius 1 is 1.08 bits per heavy atom. The molecule has 0 bridgehead atoms. The first kappa shape index (κ1) is 17.6. The molecule has 3 N–H and O–H groups in total. The largest absolute Gasteiger partial charge is 0.480 e. The second kappa shape index (κ2) is 8.79. The fourth-order valence-electron chi connectivity index (χ4n) is 2.25. The Bertz CT molecular complexity index is 692. The lowest BCUT2D eigenvalue weighted by molar-refractivity contribution is -0.141. The molecule has 0 aliphatic rings. The SMILES string of the molecule is O=C(CC(NCCc1ccccc1)C(=O)O)Nc1cccc(F)c1. The number of halogens is 1. The van der Waals surface area contributed by atoms with Gasteiger partial charge >= 0.3 is 5.97 Å². The van der Waals surface area contributed by atoms with Gasteiger partial charge in [-0.15, -0.1) is 0 Å². The number of benzene rings is 2. The van der Waals surface area contributed by atoms with Crippen LogP contribution in [0.25, 0.3) is 0 Å². The number of nitrogens with one attached hydrogen (secondary N) is 2. The molecule has 0 heterocycles. The minimum absolute atomic E-state index is 0.235. The Hall–Kier alpha value is -2.73. The number of amides is 1. The van der Waals surface area contributed by atoms with Gasteiger partial charge in [-0.3, -0.25) is 9.59 Å². The van der Waals surface area contributed by atoms with E-state index in [9.17, 15) is 19.1 Å². The summed E-state index contributed by atoms with van der Waals surface area (Å²) in [7, 11) is 0. The molecule has 5 nitrogen and oxygen atoms in total. The van der Waals surface area contributed by atoms with Crippen molar-refractivity contribution in [2.75, 3.05) is 11.9 Å². The maximum atomic E-state index is 13.1. The van der Waals surface area contributed by atoms with Crippen molar-refractivity contribution in [1.82, 2.24) is 5.32 Å². The Morgan fingerprint density at radius 3 is 2.50 bits per heavy atom. The number of hydrogen-bond acceptors (Lipinski definition) is 3. The van der Waals surface area contributed by atoms with Crippen LogP contribution in [0.1, 0.15) is 12.0 Å². The highest BCUT2D eigenvalue weighted by Crippen LogP contribution is 2.10. The van der Waals surface area contributed by atoms with Crippen LogP contribution in [0.4, 0.5) is 10.1 Å². The lowest BCUT2D eigenvalue weighted by atomic mass is 10.1. The summed E-state index contributed by atoms with van der Waals surface area (Å²) in [4.78, 5) is 23.2. The second-order valence-corrected chi connectivity index (χ2v) is 5.34. The van der Waals surface area contributed by atoms with E-state index < -0.39 is 23.7 Å². The standard InChI is InChI=1S/C18H19FN2O3/c19-14-7-4-8-15(11-14)21-17(22)12-16(18(23)24)20-10-9-13-5-2-1-3-6-13/h1-8,11,16,20H,9-10,12H2,(H,21,22)(H,23,24). The monoisotopic (exact) mass is 330 g/mol. The van der Waals surface area contributed by atoms with Crippen LogP contribution in [0.2, 0.25) is 0 Å². The minimum atomic E-state index is -1.10. The number of anilines is 1. The number of carbonyl (C=O) groups excluding carboxylic acids is 1. The summed E-state index contributed by atoms with van der Waals surface area (Å²) >= 11 is 0. The average Bonchev–Trinajstić information content (AvgIpc) is 2.54. The fourth-order valence-corrected chi connectivity index (χ4v) is 2.25. The molecule has 6 heteroatoms. The molecular formula is C18H19FN2O3. The summed E-state index contributed by atoms with van der Waals surface area (Å²) in [6.07, 6.45) is 0.427. The van der Waals surface area contributed by atoms with Gasteiger partial charge in [-0.25, -0.2) is 4.39 Å². The second-order valence-electron chi connectivity index (χ2n) is 5.34. The van der Waals surface area contributed by atoms with Crippen molar-refractivity contribution in [3.63, 3.8) is 0 Å². The first-order chi connectivity index (χ1) is 11.5. The van der Waals surface area contributed by atoms with Crippen LogP contribution in [0.15, 0.2) is 54.6 Å². The van der Waals surface area contributed by atoms with Gasteiger partial charge in [0.15, 0.2) is 0 Å². The smallest absolute Gasteiger partial charge is 0.321 e. The van der Waals surface area contributed by atoms with E-state index in [0.29, 0.717) is 18.7 Å². The molecule has 0 aliphatic heterocycles. The van der Waals surface area contributed by atoms with E-state index in [0.717, 1.165) is 5.56 Å². The molecule has 2 rings (SSSR count). The maximum Gasteiger partial charge on any atom is 0.321 e. The molecule has 0 aliphatic carbocycles. The van der Waals surface area contributed by atoms with Gasteiger partial charge in [-0.2, -0.15) is 0 Å². The van der Waals surface area contributed by atoms with Gasteiger partial charge in [0.2, 0.25) is 5.91 Å². The van der Waals surface area contributed by atoms with Gasteiger partial charge in [0.1, 0.15) is 11.9 Å². The Balaban J connectivity index is 1.84. The molecule has 0 saturated heterocycles. The summed E-state index contributed by atoms with van der Waals surface area (Å²) < 4.78 is 13.1. The van der Waals surface area contributed by atoms with Gasteiger partial charge < -0.3 is 15.7 Å². The van der Waals surface area contributed by atoms with Gasteiger partial charge in [0.25, 0.3) is 0 Å². The van der Waals surface area contributed by atoms with Crippen molar-refractivity contribution in [2.24, 2.45) is 0 Å². The molecule has 1 atom stereocenters. The molecule has 0 radical (unpaired) electrons.